The van der Waals surface area contributed by atoms with Crippen molar-refractivity contribution < 1.29 is 8.42 Å². The molecule has 3 rings (SSSR count). The predicted molar refractivity (Wildman–Crippen MR) is 76.2 cm³/mol. The van der Waals surface area contributed by atoms with E-state index in [0.29, 0.717) is 16.4 Å². The van der Waals surface area contributed by atoms with Crippen molar-refractivity contribution in [3.63, 3.8) is 0 Å². The summed E-state index contributed by atoms with van der Waals surface area (Å²) in [5, 5.41) is 0.599. The Morgan fingerprint density at radius 3 is 2.80 bits per heavy atom. The maximum Gasteiger partial charge on any atom is 0.202 e. The van der Waals surface area contributed by atoms with Crippen molar-refractivity contribution in [2.75, 3.05) is 0 Å². The summed E-state index contributed by atoms with van der Waals surface area (Å²) in [5.41, 5.74) is 1.39. The van der Waals surface area contributed by atoms with E-state index in [-0.39, 0.29) is 10.8 Å². The molecule has 0 saturated carbocycles. The van der Waals surface area contributed by atoms with Crippen LogP contribution in [0.3, 0.4) is 0 Å². The highest BCUT2D eigenvalue weighted by atomic mass is 35.5. The average Bonchev–Trinajstić information content (AvgIpc) is 2.80. The van der Waals surface area contributed by atoms with Gasteiger partial charge in [-0.3, -0.25) is 0 Å². The molecule has 2 heterocycles. The molecule has 0 fully saturated rings. The van der Waals surface area contributed by atoms with E-state index in [1.54, 1.807) is 30.3 Å². The molecule has 0 radical (unpaired) electrons. The van der Waals surface area contributed by atoms with Gasteiger partial charge in [0, 0.05) is 11.2 Å². The molecular weight excluding hydrogens is 298 g/mol. The van der Waals surface area contributed by atoms with Crippen molar-refractivity contribution in [2.24, 2.45) is 0 Å². The first-order valence-electron chi connectivity index (χ1n) is 5.82. The lowest BCUT2D eigenvalue weighted by Gasteiger charge is -2.00. The van der Waals surface area contributed by atoms with E-state index in [0.717, 1.165) is 5.52 Å². The van der Waals surface area contributed by atoms with Crippen molar-refractivity contribution in [2.45, 2.75) is 10.8 Å². The molecule has 0 bridgehead atoms. The van der Waals surface area contributed by atoms with E-state index >= 15 is 0 Å². The number of sulfone groups is 1. The molecule has 0 aliphatic heterocycles. The minimum Gasteiger partial charge on any atom is -0.341 e. The maximum atomic E-state index is 12.2. The fraction of sp³-hybridized carbons (Fsp3) is 0.0769. The topological polar surface area (TPSA) is 75.7 Å². The zero-order chi connectivity index (χ0) is 14.2. The van der Waals surface area contributed by atoms with Crippen LogP contribution in [0.5, 0.6) is 0 Å². The van der Waals surface area contributed by atoms with Gasteiger partial charge in [-0.1, -0.05) is 17.7 Å². The Morgan fingerprint density at radius 1 is 1.20 bits per heavy atom. The predicted octanol–water partition coefficient (Wildman–Crippen LogP) is 2.59. The fourth-order valence-corrected chi connectivity index (χ4v) is 3.20. The number of H-pyrrole nitrogens is 1. The number of aromatic nitrogens is 3. The number of halogens is 1. The third-order valence-electron chi connectivity index (χ3n) is 2.78. The van der Waals surface area contributed by atoms with Crippen LogP contribution in [0.2, 0.25) is 5.02 Å². The van der Waals surface area contributed by atoms with Crippen molar-refractivity contribution >= 4 is 32.5 Å². The Morgan fingerprint density at radius 2 is 2.05 bits per heavy atom. The van der Waals surface area contributed by atoms with Crippen LogP contribution in [-0.4, -0.2) is 23.4 Å². The van der Waals surface area contributed by atoms with Gasteiger partial charge in [0.05, 0.1) is 11.0 Å². The SMILES string of the molecule is O=S(=O)(Cc1nc2cc(Cl)ccc2[nH]1)c1ccccn1. The van der Waals surface area contributed by atoms with E-state index in [1.165, 1.54) is 12.3 Å². The number of fused-ring (bicyclic) bond motifs is 1. The number of hydrogen-bond acceptors (Lipinski definition) is 4. The summed E-state index contributed by atoms with van der Waals surface area (Å²) in [7, 11) is -3.51. The largest absolute Gasteiger partial charge is 0.341 e. The van der Waals surface area contributed by atoms with Crippen molar-refractivity contribution in [1.29, 1.82) is 0 Å². The summed E-state index contributed by atoms with van der Waals surface area (Å²) in [6, 6.07) is 9.94. The van der Waals surface area contributed by atoms with Gasteiger partial charge in [-0.2, -0.15) is 0 Å². The number of nitrogens with zero attached hydrogens (tertiary/aromatic N) is 2. The molecule has 0 amide bonds. The Kier molecular flexibility index (Phi) is 3.19. The number of nitrogens with one attached hydrogen (secondary N) is 1. The highest BCUT2D eigenvalue weighted by molar-refractivity contribution is 7.90. The van der Waals surface area contributed by atoms with Crippen LogP contribution < -0.4 is 0 Å². The minimum atomic E-state index is -3.51. The zero-order valence-corrected chi connectivity index (χ0v) is 11.8. The van der Waals surface area contributed by atoms with Crippen molar-refractivity contribution in [3.05, 3.63) is 53.4 Å². The summed E-state index contributed by atoms with van der Waals surface area (Å²) >= 11 is 5.87. The van der Waals surface area contributed by atoms with Gasteiger partial charge < -0.3 is 4.98 Å². The van der Waals surface area contributed by atoms with Gasteiger partial charge in [-0.25, -0.2) is 18.4 Å². The summed E-state index contributed by atoms with van der Waals surface area (Å²) in [5.74, 6) is 0.143. The monoisotopic (exact) mass is 307 g/mol. The van der Waals surface area contributed by atoms with Gasteiger partial charge in [-0.15, -0.1) is 0 Å². The molecule has 1 aromatic carbocycles. The maximum absolute atomic E-state index is 12.2. The first-order chi connectivity index (χ1) is 9.54. The molecule has 0 spiro atoms. The van der Waals surface area contributed by atoms with Gasteiger partial charge >= 0.3 is 0 Å². The molecule has 0 atom stereocenters. The normalized spacial score (nSPS) is 11.8. The lowest BCUT2D eigenvalue weighted by atomic mass is 10.3. The molecule has 0 aliphatic rings. The number of imidazole rings is 1. The lowest BCUT2D eigenvalue weighted by molar-refractivity contribution is 0.590. The number of benzene rings is 1. The molecule has 0 saturated heterocycles. The quantitative estimate of drug-likeness (QED) is 0.807. The van der Waals surface area contributed by atoms with Crippen LogP contribution in [0.1, 0.15) is 5.82 Å². The molecule has 102 valence electrons. The number of rotatable bonds is 3. The molecule has 5 nitrogen and oxygen atoms in total. The fourth-order valence-electron chi connectivity index (χ4n) is 1.89. The van der Waals surface area contributed by atoms with Gasteiger partial charge in [-0.05, 0) is 30.3 Å². The minimum absolute atomic E-state index is 0.0403. The van der Waals surface area contributed by atoms with Crippen LogP contribution in [0.4, 0.5) is 0 Å². The van der Waals surface area contributed by atoms with E-state index < -0.39 is 9.84 Å². The highest BCUT2D eigenvalue weighted by Crippen LogP contribution is 2.19. The van der Waals surface area contributed by atoms with Crippen LogP contribution in [0.25, 0.3) is 11.0 Å². The van der Waals surface area contributed by atoms with Crippen molar-refractivity contribution in [3.8, 4) is 0 Å². The number of pyridine rings is 1. The standard InChI is InChI=1S/C13H10ClN3O2S/c14-9-4-5-10-11(7-9)17-12(16-10)8-20(18,19)13-3-1-2-6-15-13/h1-7H,8H2,(H,16,17). The highest BCUT2D eigenvalue weighted by Gasteiger charge is 2.18. The molecule has 3 aromatic rings. The van der Waals surface area contributed by atoms with Crippen LogP contribution in [0.15, 0.2) is 47.6 Å². The Labute approximate surface area is 120 Å². The van der Waals surface area contributed by atoms with E-state index in [4.69, 9.17) is 11.6 Å². The van der Waals surface area contributed by atoms with Gasteiger partial charge in [0.15, 0.2) is 5.03 Å². The van der Waals surface area contributed by atoms with Crippen molar-refractivity contribution in [1.82, 2.24) is 15.0 Å². The third kappa shape index (κ3) is 2.52. The lowest BCUT2D eigenvalue weighted by Crippen LogP contribution is -2.07. The van der Waals surface area contributed by atoms with Gasteiger partial charge in [0.2, 0.25) is 9.84 Å². The molecule has 0 aliphatic carbocycles. The molecule has 20 heavy (non-hydrogen) atoms. The number of aromatic amines is 1. The van der Waals surface area contributed by atoms with E-state index in [2.05, 4.69) is 15.0 Å². The second-order valence-electron chi connectivity index (χ2n) is 4.27. The Bertz CT molecular complexity index is 860. The number of hydrogen-bond donors (Lipinski definition) is 1. The van der Waals surface area contributed by atoms with E-state index in [9.17, 15) is 8.42 Å². The molecule has 7 heteroatoms. The molecular formula is C13H10ClN3O2S. The van der Waals surface area contributed by atoms with Gasteiger partial charge in [0.1, 0.15) is 11.6 Å². The third-order valence-corrected chi connectivity index (χ3v) is 4.54. The smallest absolute Gasteiger partial charge is 0.202 e. The van der Waals surface area contributed by atoms with Crippen LogP contribution in [-0.2, 0) is 15.6 Å². The Balaban J connectivity index is 1.97. The summed E-state index contributed by atoms with van der Waals surface area (Å²) in [6.45, 7) is 0. The van der Waals surface area contributed by atoms with Crippen LogP contribution >= 0.6 is 11.6 Å². The summed E-state index contributed by atoms with van der Waals surface area (Å²) in [4.78, 5) is 11.1. The first kappa shape index (κ1) is 13.1. The zero-order valence-electron chi connectivity index (χ0n) is 10.2. The Hall–Kier alpha value is -1.92. The molecule has 2 aromatic heterocycles. The van der Waals surface area contributed by atoms with Crippen LogP contribution in [0, 0.1) is 0 Å². The average molecular weight is 308 g/mol. The first-order valence-corrected chi connectivity index (χ1v) is 7.85. The summed E-state index contributed by atoms with van der Waals surface area (Å²) in [6.07, 6.45) is 1.45. The second kappa shape index (κ2) is 4.88. The second-order valence-corrected chi connectivity index (χ2v) is 6.64. The summed E-state index contributed by atoms with van der Waals surface area (Å²) < 4.78 is 24.4. The molecule has 1 N–H and O–H groups in total. The van der Waals surface area contributed by atoms with Gasteiger partial charge in [0.25, 0.3) is 0 Å². The molecule has 0 unspecified atom stereocenters. The van der Waals surface area contributed by atoms with E-state index in [1.807, 2.05) is 0 Å².